The summed E-state index contributed by atoms with van der Waals surface area (Å²) in [6, 6.07) is 39.0. The van der Waals surface area contributed by atoms with Gasteiger partial charge in [0.15, 0.2) is 5.58 Å². The smallest absolute Gasteiger partial charge is 0.161 e. The van der Waals surface area contributed by atoms with Crippen LogP contribution in [0.1, 0.15) is 130 Å². The SMILES string of the molecule is CC(C)c1cc(C(C)(C)C)cc(C(C)C)c1-n1c(-c2cc(C(C)(C)C)cc(C(C)(C)C)c2O)nc2c(-c3cccc(-c4nccc5c4oc4ccc6ccccc6c45)c3)cccc21. The summed E-state index contributed by atoms with van der Waals surface area (Å²) in [6.45, 7) is 29.3. The van der Waals surface area contributed by atoms with Gasteiger partial charge in [0.05, 0.1) is 22.3 Å². The van der Waals surface area contributed by atoms with E-state index in [0.29, 0.717) is 0 Å². The summed E-state index contributed by atoms with van der Waals surface area (Å²) in [6.07, 6.45) is 1.89. The monoisotopic (exact) mass is 831 g/mol. The molecule has 5 heteroatoms. The lowest BCUT2D eigenvalue weighted by molar-refractivity contribution is 0.446. The van der Waals surface area contributed by atoms with Crippen LogP contribution in [0.25, 0.3) is 83.2 Å². The molecule has 0 saturated carbocycles. The Morgan fingerprint density at radius 3 is 1.92 bits per heavy atom. The molecule has 0 spiro atoms. The van der Waals surface area contributed by atoms with Gasteiger partial charge in [-0.1, -0.05) is 169 Å². The summed E-state index contributed by atoms with van der Waals surface area (Å²) < 4.78 is 9.02. The molecule has 3 heterocycles. The molecule has 9 rings (SSSR count). The lowest BCUT2D eigenvalue weighted by Crippen LogP contribution is -2.18. The van der Waals surface area contributed by atoms with Gasteiger partial charge < -0.3 is 9.52 Å². The third-order valence-electron chi connectivity index (χ3n) is 12.9. The second-order valence-corrected chi connectivity index (χ2v) is 21.3. The van der Waals surface area contributed by atoms with Gasteiger partial charge in [-0.15, -0.1) is 0 Å². The number of rotatable bonds is 6. The van der Waals surface area contributed by atoms with Crippen LogP contribution in [0.5, 0.6) is 5.75 Å². The first-order valence-electron chi connectivity index (χ1n) is 22.6. The number of pyridine rings is 1. The minimum atomic E-state index is -0.313. The van der Waals surface area contributed by atoms with Crippen LogP contribution in [0.3, 0.4) is 0 Å². The van der Waals surface area contributed by atoms with Crippen LogP contribution >= 0.6 is 0 Å². The van der Waals surface area contributed by atoms with E-state index in [1.807, 2.05) is 6.20 Å². The molecule has 0 aliphatic heterocycles. The molecule has 0 aliphatic rings. The summed E-state index contributed by atoms with van der Waals surface area (Å²) in [4.78, 5) is 10.6. The normalized spacial score (nSPS) is 12.9. The highest BCUT2D eigenvalue weighted by Gasteiger charge is 2.31. The van der Waals surface area contributed by atoms with Crippen LogP contribution in [0.15, 0.2) is 120 Å². The zero-order chi connectivity index (χ0) is 44.9. The van der Waals surface area contributed by atoms with E-state index in [1.54, 1.807) is 0 Å². The van der Waals surface area contributed by atoms with E-state index in [9.17, 15) is 5.11 Å². The van der Waals surface area contributed by atoms with Crippen LogP contribution in [0.4, 0.5) is 0 Å². The molecule has 9 aromatic rings. The van der Waals surface area contributed by atoms with Gasteiger partial charge in [-0.25, -0.2) is 4.98 Å². The molecule has 6 aromatic carbocycles. The fourth-order valence-corrected chi connectivity index (χ4v) is 9.31. The van der Waals surface area contributed by atoms with Crippen molar-refractivity contribution in [1.29, 1.82) is 0 Å². The molecule has 0 saturated heterocycles. The average molecular weight is 832 g/mol. The van der Waals surface area contributed by atoms with Crippen LogP contribution in [0.2, 0.25) is 0 Å². The van der Waals surface area contributed by atoms with E-state index in [0.717, 1.165) is 83.6 Å². The molecule has 3 aromatic heterocycles. The minimum absolute atomic E-state index is 0.0416. The van der Waals surface area contributed by atoms with Crippen LogP contribution in [-0.2, 0) is 16.2 Å². The molecule has 0 amide bonds. The quantitative estimate of drug-likeness (QED) is 0.181. The molecular weight excluding hydrogens is 771 g/mol. The molecule has 0 unspecified atom stereocenters. The maximum absolute atomic E-state index is 12.5. The third-order valence-corrected chi connectivity index (χ3v) is 12.9. The molecule has 0 aliphatic carbocycles. The summed E-state index contributed by atoms with van der Waals surface area (Å²) in [5.74, 6) is 1.44. The number of furan rings is 1. The van der Waals surface area contributed by atoms with Gasteiger partial charge in [-0.3, -0.25) is 9.55 Å². The van der Waals surface area contributed by atoms with E-state index < -0.39 is 0 Å². The molecule has 320 valence electrons. The molecule has 0 radical (unpaired) electrons. The number of phenols is 1. The molecule has 0 bridgehead atoms. The van der Waals surface area contributed by atoms with Crippen LogP contribution < -0.4 is 0 Å². The number of imidazole rings is 1. The van der Waals surface area contributed by atoms with Gasteiger partial charge in [0.25, 0.3) is 0 Å². The zero-order valence-electron chi connectivity index (χ0n) is 39.3. The fraction of sp³-hybridized carbons (Fsp3) is 0.310. The summed E-state index contributed by atoms with van der Waals surface area (Å²) in [5, 5.41) is 17.1. The summed E-state index contributed by atoms with van der Waals surface area (Å²) in [5.41, 5.74) is 14.5. The molecule has 5 nitrogen and oxygen atoms in total. The van der Waals surface area contributed by atoms with Gasteiger partial charge in [0.2, 0.25) is 0 Å². The number of hydrogen-bond acceptors (Lipinski definition) is 4. The summed E-state index contributed by atoms with van der Waals surface area (Å²) in [7, 11) is 0. The molecule has 0 fully saturated rings. The number of phenolic OH excluding ortho intramolecular Hbond substituents is 1. The van der Waals surface area contributed by atoms with Gasteiger partial charge >= 0.3 is 0 Å². The highest BCUT2D eigenvalue weighted by atomic mass is 16.3. The number of nitrogens with zero attached hydrogens (tertiary/aromatic N) is 3. The van der Waals surface area contributed by atoms with Crippen molar-refractivity contribution >= 4 is 43.7 Å². The molecule has 1 N–H and O–H groups in total. The lowest BCUT2D eigenvalue weighted by atomic mass is 9.78. The van der Waals surface area contributed by atoms with Crippen molar-refractivity contribution in [2.45, 2.75) is 118 Å². The Bertz CT molecular complexity index is 3220. The van der Waals surface area contributed by atoms with E-state index >= 15 is 0 Å². The van der Waals surface area contributed by atoms with E-state index in [4.69, 9.17) is 14.4 Å². The number of fused-ring (bicyclic) bond motifs is 6. The van der Waals surface area contributed by atoms with Gasteiger partial charge in [-0.2, -0.15) is 0 Å². The lowest BCUT2D eigenvalue weighted by Gasteiger charge is -2.29. The van der Waals surface area contributed by atoms with Crippen molar-refractivity contribution in [3.05, 3.63) is 143 Å². The highest BCUT2D eigenvalue weighted by molar-refractivity contribution is 6.20. The van der Waals surface area contributed by atoms with Crippen molar-refractivity contribution in [1.82, 2.24) is 14.5 Å². The van der Waals surface area contributed by atoms with Crippen LogP contribution in [-0.4, -0.2) is 19.6 Å². The summed E-state index contributed by atoms with van der Waals surface area (Å²) >= 11 is 0. The van der Waals surface area contributed by atoms with Crippen molar-refractivity contribution in [3.8, 4) is 45.2 Å². The number of aromatic nitrogens is 3. The predicted molar refractivity (Wildman–Crippen MR) is 266 cm³/mol. The largest absolute Gasteiger partial charge is 0.507 e. The maximum atomic E-state index is 12.5. The Hall–Kier alpha value is -6.20. The van der Waals surface area contributed by atoms with Crippen molar-refractivity contribution in [3.63, 3.8) is 0 Å². The van der Waals surface area contributed by atoms with Gasteiger partial charge in [0, 0.05) is 33.7 Å². The Labute approximate surface area is 372 Å². The number of aromatic hydroxyl groups is 1. The van der Waals surface area contributed by atoms with E-state index in [2.05, 4.69) is 204 Å². The Balaban J connectivity index is 1.35. The predicted octanol–water partition coefficient (Wildman–Crippen LogP) is 16.3. The zero-order valence-corrected chi connectivity index (χ0v) is 39.3. The Kier molecular flexibility index (Phi) is 10.0. The highest BCUT2D eigenvalue weighted by Crippen LogP contribution is 2.47. The van der Waals surface area contributed by atoms with Crippen molar-refractivity contribution < 1.29 is 9.52 Å². The Morgan fingerprint density at radius 1 is 0.603 bits per heavy atom. The first-order chi connectivity index (χ1) is 29.7. The van der Waals surface area contributed by atoms with E-state index in [-0.39, 0.29) is 33.8 Å². The van der Waals surface area contributed by atoms with Gasteiger partial charge in [-0.05, 0) is 97.0 Å². The standard InChI is InChI=1S/C58H61N3O2/c1-33(2)43-29-38(56(5,6)7)30-44(34(3)4)52(43)61-47-23-17-22-41(51(47)60-55(61)45-31-39(57(8,9)10)32-46(53(45)62)58(11,12)13)36-19-16-20-37(28-36)50-54-42(26-27-59-50)49-40-21-15-14-18-35(40)24-25-48(49)63-54/h14-34,62H,1-13H3. The number of para-hydroxylation sites is 1. The second kappa shape index (κ2) is 15.0. The second-order valence-electron chi connectivity index (χ2n) is 21.3. The molecule has 63 heavy (non-hydrogen) atoms. The Morgan fingerprint density at radius 2 is 1.25 bits per heavy atom. The van der Waals surface area contributed by atoms with E-state index in [1.165, 1.54) is 27.5 Å². The van der Waals surface area contributed by atoms with Crippen molar-refractivity contribution in [2.75, 3.05) is 0 Å². The average Bonchev–Trinajstić information content (AvgIpc) is 3.81. The molecular formula is C58H61N3O2. The third kappa shape index (κ3) is 7.20. The minimum Gasteiger partial charge on any atom is -0.507 e. The van der Waals surface area contributed by atoms with Crippen LogP contribution in [0, 0.1) is 0 Å². The maximum Gasteiger partial charge on any atom is 0.161 e. The van der Waals surface area contributed by atoms with Crippen molar-refractivity contribution in [2.24, 2.45) is 0 Å². The first kappa shape index (κ1) is 42.1. The first-order valence-corrected chi connectivity index (χ1v) is 22.6. The topological polar surface area (TPSA) is 64.1 Å². The fourth-order valence-electron chi connectivity index (χ4n) is 9.31. The number of benzene rings is 6. The molecule has 0 atom stereocenters. The van der Waals surface area contributed by atoms with Gasteiger partial charge in [0.1, 0.15) is 22.9 Å². The number of hydrogen-bond donors (Lipinski definition) is 1.